The monoisotopic (exact) mass is 349 g/mol. The molecule has 0 aliphatic carbocycles. The van der Waals surface area contributed by atoms with Gasteiger partial charge in [0.1, 0.15) is 12.4 Å². The predicted octanol–water partition coefficient (Wildman–Crippen LogP) is 2.43. The maximum atomic E-state index is 12.0. The molecule has 1 aromatic heterocycles. The van der Waals surface area contributed by atoms with Crippen molar-refractivity contribution < 1.29 is 23.8 Å². The van der Waals surface area contributed by atoms with Gasteiger partial charge in [0.15, 0.2) is 0 Å². The van der Waals surface area contributed by atoms with Gasteiger partial charge in [-0.25, -0.2) is 0 Å². The van der Waals surface area contributed by atoms with Gasteiger partial charge in [0, 0.05) is 25.3 Å². The molecule has 1 aromatic carbocycles. The summed E-state index contributed by atoms with van der Waals surface area (Å²) in [6.45, 7) is 0.946. The molecule has 0 atom stereocenters. The average Bonchev–Trinajstić information content (AvgIpc) is 3.10. The zero-order valence-corrected chi connectivity index (χ0v) is 13.0. The lowest BCUT2D eigenvalue weighted by Gasteiger charge is -2.06. The van der Waals surface area contributed by atoms with Crippen molar-refractivity contribution in [2.75, 3.05) is 13.2 Å². The van der Waals surface area contributed by atoms with Crippen molar-refractivity contribution in [2.45, 2.75) is 13.0 Å². The van der Waals surface area contributed by atoms with Crippen LogP contribution in [0.3, 0.4) is 0 Å². The molecule has 0 bridgehead atoms. The topological polar surface area (TPSA) is 138 Å². The van der Waals surface area contributed by atoms with Gasteiger partial charge >= 0.3 is 0 Å². The molecule has 1 heterocycles. The Bertz CT molecular complexity index is 726. The molecule has 10 nitrogen and oxygen atoms in total. The SMILES string of the molecule is O=C(NCCCOCc1ccco1)c1cc([N+](=O)[O-])cc([N+](=O)[O-])c1. The van der Waals surface area contributed by atoms with Crippen LogP contribution in [0.15, 0.2) is 41.0 Å². The third kappa shape index (κ3) is 5.39. The number of nitrogens with one attached hydrogen (secondary N) is 1. The van der Waals surface area contributed by atoms with Crippen molar-refractivity contribution in [1.29, 1.82) is 0 Å². The minimum atomic E-state index is -0.785. The lowest BCUT2D eigenvalue weighted by atomic mass is 10.1. The normalized spacial score (nSPS) is 10.4. The summed E-state index contributed by atoms with van der Waals surface area (Å²) in [5.74, 6) is 0.0609. The summed E-state index contributed by atoms with van der Waals surface area (Å²) in [6, 6.07) is 6.32. The van der Waals surface area contributed by atoms with Crippen LogP contribution in [0.2, 0.25) is 0 Å². The quantitative estimate of drug-likeness (QED) is 0.417. The number of hydrogen-bond donors (Lipinski definition) is 1. The van der Waals surface area contributed by atoms with Crippen LogP contribution in [0.1, 0.15) is 22.5 Å². The molecule has 10 heteroatoms. The summed E-state index contributed by atoms with van der Waals surface area (Å²) < 4.78 is 10.4. The van der Waals surface area contributed by atoms with Crippen molar-refractivity contribution >= 4 is 17.3 Å². The van der Waals surface area contributed by atoms with E-state index in [2.05, 4.69) is 5.32 Å². The maximum absolute atomic E-state index is 12.0. The van der Waals surface area contributed by atoms with Gasteiger partial charge in [0.2, 0.25) is 0 Å². The number of carbonyl (C=O) groups is 1. The fourth-order valence-electron chi connectivity index (χ4n) is 1.98. The summed E-state index contributed by atoms with van der Waals surface area (Å²) >= 11 is 0. The van der Waals surface area contributed by atoms with Crippen LogP contribution < -0.4 is 5.32 Å². The minimum absolute atomic E-state index is 0.141. The van der Waals surface area contributed by atoms with Crippen molar-refractivity contribution in [3.05, 3.63) is 68.1 Å². The Morgan fingerprint density at radius 2 is 1.84 bits per heavy atom. The smallest absolute Gasteiger partial charge is 0.277 e. The zero-order chi connectivity index (χ0) is 18.2. The molecule has 0 aliphatic rings. The molecule has 0 saturated heterocycles. The van der Waals surface area contributed by atoms with E-state index in [0.717, 1.165) is 18.2 Å². The van der Waals surface area contributed by atoms with Crippen LogP contribution in [0.5, 0.6) is 0 Å². The number of amides is 1. The van der Waals surface area contributed by atoms with E-state index < -0.39 is 27.1 Å². The number of non-ortho nitro benzene ring substituents is 2. The molecule has 0 unspecified atom stereocenters. The molecule has 132 valence electrons. The molecule has 2 aromatic rings. The van der Waals surface area contributed by atoms with Gasteiger partial charge in [-0.05, 0) is 18.6 Å². The van der Waals surface area contributed by atoms with Crippen molar-refractivity contribution in [3.8, 4) is 0 Å². The third-order valence-electron chi connectivity index (χ3n) is 3.16. The van der Waals surface area contributed by atoms with Crippen molar-refractivity contribution in [2.24, 2.45) is 0 Å². The van der Waals surface area contributed by atoms with E-state index >= 15 is 0 Å². The fourth-order valence-corrected chi connectivity index (χ4v) is 1.98. The molecule has 0 aliphatic heterocycles. The van der Waals surface area contributed by atoms with E-state index in [-0.39, 0.29) is 12.1 Å². The molecule has 2 rings (SSSR count). The van der Waals surface area contributed by atoms with E-state index in [0.29, 0.717) is 25.4 Å². The highest BCUT2D eigenvalue weighted by atomic mass is 16.6. The molecular formula is C15H15N3O7. The molecular weight excluding hydrogens is 334 g/mol. The summed E-state index contributed by atoms with van der Waals surface area (Å²) in [5.41, 5.74) is -1.17. The lowest BCUT2D eigenvalue weighted by molar-refractivity contribution is -0.394. The predicted molar refractivity (Wildman–Crippen MR) is 85.1 cm³/mol. The van der Waals surface area contributed by atoms with Gasteiger partial charge in [-0.1, -0.05) is 0 Å². The van der Waals surface area contributed by atoms with Gasteiger partial charge in [-0.15, -0.1) is 0 Å². The Kier molecular flexibility index (Phi) is 6.18. The van der Waals surface area contributed by atoms with E-state index in [1.165, 1.54) is 6.26 Å². The van der Waals surface area contributed by atoms with Crippen LogP contribution in [0.25, 0.3) is 0 Å². The highest BCUT2D eigenvalue weighted by Crippen LogP contribution is 2.22. The second kappa shape index (κ2) is 8.55. The molecule has 25 heavy (non-hydrogen) atoms. The summed E-state index contributed by atoms with van der Waals surface area (Å²) in [4.78, 5) is 32.0. The summed E-state index contributed by atoms with van der Waals surface area (Å²) in [7, 11) is 0. The first kappa shape index (κ1) is 18.1. The first-order valence-corrected chi connectivity index (χ1v) is 7.29. The molecule has 1 N–H and O–H groups in total. The Labute approximate surface area is 141 Å². The number of furan rings is 1. The molecule has 0 saturated carbocycles. The van der Waals surface area contributed by atoms with Crippen molar-refractivity contribution in [1.82, 2.24) is 5.32 Å². The third-order valence-corrected chi connectivity index (χ3v) is 3.16. The number of hydrogen-bond acceptors (Lipinski definition) is 7. The molecule has 0 spiro atoms. The van der Waals surface area contributed by atoms with Crippen LogP contribution in [0, 0.1) is 20.2 Å². The Balaban J connectivity index is 1.83. The number of benzene rings is 1. The highest BCUT2D eigenvalue weighted by Gasteiger charge is 2.19. The van der Waals surface area contributed by atoms with E-state index in [4.69, 9.17) is 9.15 Å². The van der Waals surface area contributed by atoms with Gasteiger partial charge in [0.05, 0.1) is 27.7 Å². The number of rotatable bonds is 9. The standard InChI is InChI=1S/C15H15N3O7/c19-15(16-4-2-5-24-10-14-3-1-6-25-14)11-7-12(17(20)21)9-13(8-11)18(22)23/h1,3,6-9H,2,4-5,10H2,(H,16,19). The van der Waals surface area contributed by atoms with Gasteiger partial charge in [-0.2, -0.15) is 0 Å². The van der Waals surface area contributed by atoms with Crippen LogP contribution in [-0.4, -0.2) is 28.9 Å². The second-order valence-corrected chi connectivity index (χ2v) is 4.99. The fraction of sp³-hybridized carbons (Fsp3) is 0.267. The van der Waals surface area contributed by atoms with Crippen LogP contribution >= 0.6 is 0 Å². The first-order valence-electron chi connectivity index (χ1n) is 7.29. The average molecular weight is 349 g/mol. The van der Waals surface area contributed by atoms with Gasteiger partial charge in [0.25, 0.3) is 17.3 Å². The van der Waals surface area contributed by atoms with Crippen LogP contribution in [-0.2, 0) is 11.3 Å². The summed E-state index contributed by atoms with van der Waals surface area (Å²) in [5, 5.41) is 24.2. The zero-order valence-electron chi connectivity index (χ0n) is 13.0. The van der Waals surface area contributed by atoms with E-state index in [9.17, 15) is 25.0 Å². The molecule has 0 fully saturated rings. The van der Waals surface area contributed by atoms with Crippen molar-refractivity contribution in [3.63, 3.8) is 0 Å². The second-order valence-electron chi connectivity index (χ2n) is 4.99. The first-order chi connectivity index (χ1) is 12.0. The van der Waals surface area contributed by atoms with E-state index in [1.807, 2.05) is 0 Å². The Morgan fingerprint density at radius 3 is 2.40 bits per heavy atom. The number of ether oxygens (including phenoxy) is 1. The van der Waals surface area contributed by atoms with E-state index in [1.54, 1.807) is 12.1 Å². The Morgan fingerprint density at radius 1 is 1.16 bits per heavy atom. The molecule has 1 amide bonds. The Hall–Kier alpha value is -3.27. The number of nitro groups is 2. The van der Waals surface area contributed by atoms with Gasteiger partial charge < -0.3 is 14.5 Å². The largest absolute Gasteiger partial charge is 0.467 e. The maximum Gasteiger partial charge on any atom is 0.277 e. The van der Waals surface area contributed by atoms with Crippen LogP contribution in [0.4, 0.5) is 11.4 Å². The number of nitrogens with zero attached hydrogens (tertiary/aromatic N) is 2. The minimum Gasteiger partial charge on any atom is -0.467 e. The summed E-state index contributed by atoms with van der Waals surface area (Å²) in [6.07, 6.45) is 2.04. The lowest BCUT2D eigenvalue weighted by Crippen LogP contribution is -2.25. The number of nitro benzene ring substituents is 2. The molecule has 0 radical (unpaired) electrons. The number of carbonyl (C=O) groups excluding carboxylic acids is 1. The highest BCUT2D eigenvalue weighted by molar-refractivity contribution is 5.95. The van der Waals surface area contributed by atoms with Gasteiger partial charge in [-0.3, -0.25) is 25.0 Å².